The maximum absolute atomic E-state index is 11.6. The Bertz CT molecular complexity index is 2350. The fourth-order valence-corrected chi connectivity index (χ4v) is 6.80. The Labute approximate surface area is 349 Å². The number of nitrogens with zero attached hydrogens (tertiary/aromatic N) is 4. The van der Waals surface area contributed by atoms with Crippen LogP contribution in [-0.4, -0.2) is 39.5 Å². The molecule has 0 bridgehead atoms. The molecule has 0 aliphatic heterocycles. The molecular weight excluding hydrogens is 753 g/mol. The Morgan fingerprint density at radius 2 is 0.617 bits per heavy atom. The molecule has 1 N–H and O–H groups in total. The molecule has 7 aromatic carbocycles. The summed E-state index contributed by atoms with van der Waals surface area (Å²) in [7, 11) is 6.60. The van der Waals surface area contributed by atoms with Crippen molar-refractivity contribution >= 4 is 63.2 Å². The summed E-state index contributed by atoms with van der Waals surface area (Å²) in [5.74, 6) is 1.76. The summed E-state index contributed by atoms with van der Waals surface area (Å²) >= 11 is 0. The van der Waals surface area contributed by atoms with E-state index in [0.29, 0.717) is 5.56 Å². The van der Waals surface area contributed by atoms with Crippen LogP contribution in [0.3, 0.4) is 0 Å². The van der Waals surface area contributed by atoms with Gasteiger partial charge in [-0.3, -0.25) is 0 Å². The van der Waals surface area contributed by atoms with Crippen molar-refractivity contribution < 1.29 is 28.8 Å². The molecule has 0 aliphatic carbocycles. The lowest BCUT2D eigenvalue weighted by Crippen LogP contribution is -2.13. The standard InChI is InChI=1S/C50H42N4O6/c1-57-46-25-17-42(18-26-46)53(43-19-27-47(58-2)28-20-43)40-13-9-38(10-14-40)52(37-7-5-35(6-8-37)33-36(34-51)50(55)56)39-11-15-41(16-12-39)54(44-21-29-48(59-3)30-22-44)45-23-31-49(60-4)32-24-45/h5-33H,1-4H3,(H,55,56)/b36-33+. The van der Waals surface area contributed by atoms with Crippen molar-refractivity contribution in [3.05, 3.63) is 181 Å². The van der Waals surface area contributed by atoms with Crippen molar-refractivity contribution in [2.75, 3.05) is 43.1 Å². The Hall–Kier alpha value is -8.16. The second-order valence-corrected chi connectivity index (χ2v) is 13.4. The summed E-state index contributed by atoms with van der Waals surface area (Å²) in [6.07, 6.45) is 1.36. The van der Waals surface area contributed by atoms with Crippen LogP contribution in [0, 0.1) is 11.3 Å². The van der Waals surface area contributed by atoms with E-state index in [-0.39, 0.29) is 5.57 Å². The number of carbonyl (C=O) groups is 1. The highest BCUT2D eigenvalue weighted by molar-refractivity contribution is 5.96. The first-order valence-electron chi connectivity index (χ1n) is 18.9. The zero-order chi connectivity index (χ0) is 42.0. The van der Waals surface area contributed by atoms with Crippen molar-refractivity contribution in [1.29, 1.82) is 5.26 Å². The highest BCUT2D eigenvalue weighted by Gasteiger charge is 2.19. The van der Waals surface area contributed by atoms with E-state index in [4.69, 9.17) is 18.9 Å². The summed E-state index contributed by atoms with van der Waals surface area (Å²) in [5.41, 5.74) is 8.47. The van der Waals surface area contributed by atoms with Gasteiger partial charge in [0.25, 0.3) is 0 Å². The Morgan fingerprint density at radius 3 is 0.800 bits per heavy atom. The van der Waals surface area contributed by atoms with Gasteiger partial charge in [-0.1, -0.05) is 12.1 Å². The van der Waals surface area contributed by atoms with Gasteiger partial charge in [0.05, 0.1) is 28.4 Å². The second-order valence-electron chi connectivity index (χ2n) is 13.4. The van der Waals surface area contributed by atoms with Gasteiger partial charge in [-0.05, 0) is 169 Å². The van der Waals surface area contributed by atoms with Gasteiger partial charge in [-0.25, -0.2) is 4.79 Å². The van der Waals surface area contributed by atoms with Crippen molar-refractivity contribution in [3.8, 4) is 29.1 Å². The maximum atomic E-state index is 11.6. The largest absolute Gasteiger partial charge is 0.497 e. The molecule has 0 spiro atoms. The van der Waals surface area contributed by atoms with Gasteiger partial charge in [0.1, 0.15) is 34.6 Å². The monoisotopic (exact) mass is 794 g/mol. The maximum Gasteiger partial charge on any atom is 0.346 e. The summed E-state index contributed by atoms with van der Waals surface area (Å²) < 4.78 is 21.8. The summed E-state index contributed by atoms with van der Waals surface area (Å²) in [6, 6.07) is 57.4. The van der Waals surface area contributed by atoms with Crippen LogP contribution in [0.25, 0.3) is 6.08 Å². The molecule has 7 aromatic rings. The number of benzene rings is 7. The lowest BCUT2D eigenvalue weighted by Gasteiger charge is -2.29. The molecule has 7 rings (SSSR count). The average molecular weight is 795 g/mol. The molecule has 0 fully saturated rings. The highest BCUT2D eigenvalue weighted by atomic mass is 16.5. The number of carboxylic acid groups (broad SMARTS) is 1. The number of hydrogen-bond donors (Lipinski definition) is 1. The fourth-order valence-electron chi connectivity index (χ4n) is 6.80. The number of hydrogen-bond acceptors (Lipinski definition) is 9. The molecular formula is C50H42N4O6. The van der Waals surface area contributed by atoms with Crippen LogP contribution in [0.4, 0.5) is 51.2 Å². The van der Waals surface area contributed by atoms with Gasteiger partial charge in [0, 0.05) is 51.2 Å². The smallest absolute Gasteiger partial charge is 0.346 e. The number of anilines is 9. The highest BCUT2D eigenvalue weighted by Crippen LogP contribution is 2.42. The zero-order valence-corrected chi connectivity index (χ0v) is 33.5. The molecule has 0 atom stereocenters. The fraction of sp³-hybridized carbons (Fsp3) is 0.0800. The minimum absolute atomic E-state index is 0.345. The molecule has 0 radical (unpaired) electrons. The van der Waals surface area contributed by atoms with Crippen LogP contribution in [0.2, 0.25) is 0 Å². The quantitative estimate of drug-likeness (QED) is 0.0796. The van der Waals surface area contributed by atoms with Crippen LogP contribution in [-0.2, 0) is 4.79 Å². The van der Waals surface area contributed by atoms with Gasteiger partial charge in [0.15, 0.2) is 0 Å². The average Bonchev–Trinajstić information content (AvgIpc) is 3.30. The summed E-state index contributed by atoms with van der Waals surface area (Å²) in [4.78, 5) is 18.0. The molecule has 0 unspecified atom stereocenters. The van der Waals surface area contributed by atoms with E-state index in [0.717, 1.165) is 74.2 Å². The van der Waals surface area contributed by atoms with E-state index in [1.165, 1.54) is 6.08 Å². The van der Waals surface area contributed by atoms with Crippen molar-refractivity contribution in [3.63, 3.8) is 0 Å². The molecule has 0 saturated heterocycles. The minimum atomic E-state index is -1.28. The Balaban J connectivity index is 1.30. The van der Waals surface area contributed by atoms with E-state index in [9.17, 15) is 15.2 Å². The zero-order valence-electron chi connectivity index (χ0n) is 33.5. The van der Waals surface area contributed by atoms with Crippen LogP contribution in [0.5, 0.6) is 23.0 Å². The van der Waals surface area contributed by atoms with E-state index >= 15 is 0 Å². The SMILES string of the molecule is COc1ccc(N(c2ccc(OC)cc2)c2ccc(N(c3ccc(/C=C(\C#N)C(=O)O)cc3)c3ccc(N(c4ccc(OC)cc4)c4ccc(OC)cc4)cc3)cc2)cc1. The van der Waals surface area contributed by atoms with Crippen LogP contribution >= 0.6 is 0 Å². The first-order valence-corrected chi connectivity index (χ1v) is 18.9. The van der Waals surface area contributed by atoms with E-state index in [1.807, 2.05) is 109 Å². The van der Waals surface area contributed by atoms with E-state index in [1.54, 1.807) is 46.6 Å². The molecule has 10 nitrogen and oxygen atoms in total. The molecule has 0 aromatic heterocycles. The summed E-state index contributed by atoms with van der Waals surface area (Å²) in [5, 5.41) is 18.8. The van der Waals surface area contributed by atoms with Crippen molar-refractivity contribution in [2.24, 2.45) is 0 Å². The van der Waals surface area contributed by atoms with Crippen LogP contribution < -0.4 is 33.6 Å². The molecule has 0 amide bonds. The van der Waals surface area contributed by atoms with E-state index in [2.05, 4.69) is 63.2 Å². The number of methoxy groups -OCH3 is 4. The molecule has 60 heavy (non-hydrogen) atoms. The van der Waals surface area contributed by atoms with E-state index < -0.39 is 5.97 Å². The number of carboxylic acids is 1. The number of nitriles is 1. The molecule has 0 aliphatic rings. The first kappa shape index (κ1) is 40.1. The van der Waals surface area contributed by atoms with Gasteiger partial charge in [-0.15, -0.1) is 0 Å². The van der Waals surface area contributed by atoms with Gasteiger partial charge in [-0.2, -0.15) is 5.26 Å². The van der Waals surface area contributed by atoms with Gasteiger partial charge in [0.2, 0.25) is 0 Å². The predicted molar refractivity (Wildman–Crippen MR) is 238 cm³/mol. The number of aliphatic carboxylic acids is 1. The van der Waals surface area contributed by atoms with Crippen molar-refractivity contribution in [1.82, 2.24) is 0 Å². The van der Waals surface area contributed by atoms with Crippen LogP contribution in [0.15, 0.2) is 175 Å². The third-order valence-electron chi connectivity index (χ3n) is 9.87. The van der Waals surface area contributed by atoms with Crippen molar-refractivity contribution in [2.45, 2.75) is 0 Å². The molecule has 10 heteroatoms. The minimum Gasteiger partial charge on any atom is -0.497 e. The van der Waals surface area contributed by atoms with Gasteiger partial charge < -0.3 is 38.8 Å². The second kappa shape index (κ2) is 18.4. The molecule has 0 saturated carbocycles. The third kappa shape index (κ3) is 8.86. The Morgan fingerprint density at radius 1 is 0.417 bits per heavy atom. The summed E-state index contributed by atoms with van der Waals surface area (Å²) in [6.45, 7) is 0. The molecule has 298 valence electrons. The molecule has 0 heterocycles. The van der Waals surface area contributed by atoms with Gasteiger partial charge >= 0.3 is 5.97 Å². The lowest BCUT2D eigenvalue weighted by molar-refractivity contribution is -0.132. The van der Waals surface area contributed by atoms with Crippen LogP contribution in [0.1, 0.15) is 5.56 Å². The lowest BCUT2D eigenvalue weighted by atomic mass is 10.1. The normalized spacial score (nSPS) is 10.9. The third-order valence-corrected chi connectivity index (χ3v) is 9.87. The Kier molecular flexibility index (Phi) is 12.3. The number of ether oxygens (including phenoxy) is 4. The first-order chi connectivity index (χ1) is 29.3. The topological polar surface area (TPSA) is 108 Å². The number of rotatable bonds is 15. The predicted octanol–water partition coefficient (Wildman–Crippen LogP) is 12.1.